The monoisotopic (exact) mass is 482 g/mol. The van der Waals surface area contributed by atoms with E-state index in [9.17, 15) is 14.4 Å². The highest BCUT2D eigenvalue weighted by atomic mass is 32.2. The molecule has 0 aromatic heterocycles. The molecule has 0 saturated carbocycles. The molecule has 0 bridgehead atoms. The second-order valence-corrected chi connectivity index (χ2v) is 10.0. The van der Waals surface area contributed by atoms with E-state index in [1.54, 1.807) is 0 Å². The fourth-order valence-electron chi connectivity index (χ4n) is 4.71. The topological polar surface area (TPSA) is 105 Å². The summed E-state index contributed by atoms with van der Waals surface area (Å²) >= 11 is 1.86. The number of carbonyl (C=O) groups is 3. The molecule has 1 aliphatic heterocycles. The van der Waals surface area contributed by atoms with Crippen molar-refractivity contribution in [3.8, 4) is 11.1 Å². The van der Waals surface area contributed by atoms with E-state index in [-0.39, 0.29) is 37.3 Å². The summed E-state index contributed by atoms with van der Waals surface area (Å²) in [6.45, 7) is 2.08. The summed E-state index contributed by atoms with van der Waals surface area (Å²) in [6.07, 6.45) is 0.0787. The first-order valence-corrected chi connectivity index (χ1v) is 12.8. The van der Waals surface area contributed by atoms with Crippen molar-refractivity contribution in [2.24, 2.45) is 5.92 Å². The number of fused-ring (bicyclic) bond motifs is 3. The third-order valence-corrected chi connectivity index (χ3v) is 7.83. The van der Waals surface area contributed by atoms with Crippen LogP contribution in [0.2, 0.25) is 0 Å². The molecule has 2 amide bonds. The predicted octanol–water partition coefficient (Wildman–Crippen LogP) is 4.02. The van der Waals surface area contributed by atoms with Gasteiger partial charge in [-0.2, -0.15) is 11.8 Å². The van der Waals surface area contributed by atoms with Gasteiger partial charge in [-0.15, -0.1) is 0 Å². The number of rotatable bonds is 9. The van der Waals surface area contributed by atoms with Gasteiger partial charge in [0.05, 0.1) is 0 Å². The average molecular weight is 483 g/mol. The zero-order valence-electron chi connectivity index (χ0n) is 19.2. The van der Waals surface area contributed by atoms with E-state index in [4.69, 9.17) is 9.84 Å². The molecule has 2 aromatic carbocycles. The van der Waals surface area contributed by atoms with Crippen LogP contribution in [-0.4, -0.2) is 53.3 Å². The van der Waals surface area contributed by atoms with Crippen LogP contribution in [0.25, 0.3) is 11.1 Å². The number of carboxylic acid groups (broad SMARTS) is 1. The second-order valence-electron chi connectivity index (χ2n) is 8.88. The molecule has 4 rings (SSSR count). The van der Waals surface area contributed by atoms with Crippen molar-refractivity contribution >= 4 is 29.7 Å². The van der Waals surface area contributed by atoms with Gasteiger partial charge in [-0.3, -0.25) is 9.59 Å². The number of thioether (sulfide) groups is 1. The molecule has 1 fully saturated rings. The van der Waals surface area contributed by atoms with E-state index in [0.29, 0.717) is 5.92 Å². The molecular weight excluding hydrogens is 452 g/mol. The lowest BCUT2D eigenvalue weighted by molar-refractivity contribution is -0.137. The Morgan fingerprint density at radius 2 is 1.71 bits per heavy atom. The van der Waals surface area contributed by atoms with Crippen molar-refractivity contribution < 1.29 is 24.2 Å². The summed E-state index contributed by atoms with van der Waals surface area (Å²) in [5.74, 6) is 0.950. The number of ether oxygens (including phenoxy) is 1. The van der Waals surface area contributed by atoms with Gasteiger partial charge in [0.15, 0.2) is 0 Å². The standard InChI is InChI=1S/C26H30N2O5S/c1-16(17-12-13-34-15-17)27-25(31)23(10-11-24(29)30)28-26(32)33-14-22-20-8-4-2-6-18(20)19-7-3-5-9-21(19)22/h2-9,16-17,22-23H,10-15H2,1H3,(H,27,31)(H,28,32)(H,29,30). The Labute approximate surface area is 203 Å². The van der Waals surface area contributed by atoms with Crippen LogP contribution in [0.1, 0.15) is 43.2 Å². The lowest BCUT2D eigenvalue weighted by atomic mass is 9.98. The van der Waals surface area contributed by atoms with Crippen LogP contribution >= 0.6 is 11.8 Å². The molecule has 3 atom stereocenters. The summed E-state index contributed by atoms with van der Waals surface area (Å²) in [5.41, 5.74) is 4.45. The Bertz CT molecular complexity index is 1010. The van der Waals surface area contributed by atoms with Crippen LogP contribution in [0.4, 0.5) is 4.79 Å². The van der Waals surface area contributed by atoms with Crippen molar-refractivity contribution in [3.63, 3.8) is 0 Å². The lowest BCUT2D eigenvalue weighted by Gasteiger charge is -2.24. The highest BCUT2D eigenvalue weighted by molar-refractivity contribution is 7.99. The van der Waals surface area contributed by atoms with Crippen molar-refractivity contribution in [3.05, 3.63) is 59.7 Å². The van der Waals surface area contributed by atoms with E-state index in [1.807, 2.05) is 55.1 Å². The maximum atomic E-state index is 12.9. The van der Waals surface area contributed by atoms with Crippen LogP contribution in [0, 0.1) is 5.92 Å². The fourth-order valence-corrected chi connectivity index (χ4v) is 6.10. The Morgan fingerprint density at radius 3 is 2.29 bits per heavy atom. The Hall–Kier alpha value is -3.00. The van der Waals surface area contributed by atoms with Crippen molar-refractivity contribution in [1.82, 2.24) is 10.6 Å². The summed E-state index contributed by atoms with van der Waals surface area (Å²) in [5, 5.41) is 14.6. The highest BCUT2D eigenvalue weighted by Crippen LogP contribution is 2.44. The second kappa shape index (κ2) is 11.0. The summed E-state index contributed by atoms with van der Waals surface area (Å²) in [7, 11) is 0. The summed E-state index contributed by atoms with van der Waals surface area (Å²) in [6, 6.07) is 15.1. The Balaban J connectivity index is 1.38. The molecular formula is C26H30N2O5S. The first-order chi connectivity index (χ1) is 16.4. The number of aliphatic carboxylic acids is 1. The minimum absolute atomic E-state index is 0.00248. The normalized spacial score (nSPS) is 18.4. The molecule has 8 heteroatoms. The van der Waals surface area contributed by atoms with Gasteiger partial charge in [-0.05, 0) is 59.4 Å². The van der Waals surface area contributed by atoms with Crippen LogP contribution in [0.3, 0.4) is 0 Å². The molecule has 0 spiro atoms. The largest absolute Gasteiger partial charge is 0.481 e. The summed E-state index contributed by atoms with van der Waals surface area (Å²) < 4.78 is 5.55. The quantitative estimate of drug-likeness (QED) is 0.499. The molecule has 3 unspecified atom stereocenters. The van der Waals surface area contributed by atoms with Gasteiger partial charge in [0.2, 0.25) is 5.91 Å². The molecule has 2 aliphatic rings. The van der Waals surface area contributed by atoms with Crippen LogP contribution in [0.15, 0.2) is 48.5 Å². The number of hydrogen-bond donors (Lipinski definition) is 3. The molecule has 1 heterocycles. The lowest BCUT2D eigenvalue weighted by Crippen LogP contribution is -2.51. The van der Waals surface area contributed by atoms with Crippen LogP contribution < -0.4 is 10.6 Å². The maximum absolute atomic E-state index is 12.9. The minimum atomic E-state index is -1.02. The maximum Gasteiger partial charge on any atom is 0.407 e. The molecule has 34 heavy (non-hydrogen) atoms. The summed E-state index contributed by atoms with van der Waals surface area (Å²) in [4.78, 5) is 36.6. The van der Waals surface area contributed by atoms with E-state index >= 15 is 0 Å². The molecule has 1 aliphatic carbocycles. The van der Waals surface area contributed by atoms with E-state index in [0.717, 1.165) is 40.2 Å². The molecule has 3 N–H and O–H groups in total. The molecule has 1 saturated heterocycles. The molecule has 0 radical (unpaired) electrons. The highest BCUT2D eigenvalue weighted by Gasteiger charge is 2.31. The van der Waals surface area contributed by atoms with Crippen LogP contribution in [-0.2, 0) is 14.3 Å². The smallest absolute Gasteiger partial charge is 0.407 e. The predicted molar refractivity (Wildman–Crippen MR) is 132 cm³/mol. The fraction of sp³-hybridized carbons (Fsp3) is 0.423. The minimum Gasteiger partial charge on any atom is -0.481 e. The van der Waals surface area contributed by atoms with Gasteiger partial charge in [0.1, 0.15) is 12.6 Å². The Kier molecular flexibility index (Phi) is 7.77. The zero-order chi connectivity index (χ0) is 24.1. The van der Waals surface area contributed by atoms with Gasteiger partial charge in [-0.25, -0.2) is 4.79 Å². The average Bonchev–Trinajstić information content (AvgIpc) is 3.47. The number of alkyl carbamates (subject to hydrolysis) is 1. The van der Waals surface area contributed by atoms with Gasteiger partial charge in [0, 0.05) is 18.4 Å². The van der Waals surface area contributed by atoms with E-state index in [1.165, 1.54) is 0 Å². The van der Waals surface area contributed by atoms with Crippen molar-refractivity contribution in [2.75, 3.05) is 18.1 Å². The number of benzene rings is 2. The number of carbonyl (C=O) groups excluding carboxylic acids is 2. The third-order valence-electron chi connectivity index (χ3n) is 6.64. The van der Waals surface area contributed by atoms with Gasteiger partial charge in [0.25, 0.3) is 0 Å². The number of hydrogen-bond acceptors (Lipinski definition) is 5. The van der Waals surface area contributed by atoms with Gasteiger partial charge >= 0.3 is 12.1 Å². The van der Waals surface area contributed by atoms with Gasteiger partial charge < -0.3 is 20.5 Å². The number of amides is 2. The van der Waals surface area contributed by atoms with Crippen molar-refractivity contribution in [1.29, 1.82) is 0 Å². The van der Waals surface area contributed by atoms with Crippen molar-refractivity contribution in [2.45, 2.75) is 44.2 Å². The SMILES string of the molecule is CC(NC(=O)C(CCC(=O)O)NC(=O)OCC1c2ccccc2-c2ccccc21)C1CCSC1. The van der Waals surface area contributed by atoms with Gasteiger partial charge in [-0.1, -0.05) is 48.5 Å². The first kappa shape index (κ1) is 24.1. The number of nitrogens with one attached hydrogen (secondary N) is 2. The van der Waals surface area contributed by atoms with Crippen LogP contribution in [0.5, 0.6) is 0 Å². The number of carboxylic acids is 1. The van der Waals surface area contributed by atoms with E-state index in [2.05, 4.69) is 22.8 Å². The molecule has 7 nitrogen and oxygen atoms in total. The first-order valence-electron chi connectivity index (χ1n) is 11.7. The third kappa shape index (κ3) is 5.55. The Morgan fingerprint density at radius 1 is 1.06 bits per heavy atom. The molecule has 2 aromatic rings. The molecule has 180 valence electrons. The van der Waals surface area contributed by atoms with E-state index < -0.39 is 18.1 Å². The zero-order valence-corrected chi connectivity index (χ0v) is 20.0.